The van der Waals surface area contributed by atoms with E-state index in [1.807, 2.05) is 140 Å². The first-order chi connectivity index (χ1) is 25.1. The Bertz CT molecular complexity index is 1710. The van der Waals surface area contributed by atoms with Crippen molar-refractivity contribution in [2.45, 2.75) is 63.1 Å². The number of carbonyl (C=O) groups is 1. The van der Waals surface area contributed by atoms with Gasteiger partial charge in [-0.15, -0.1) is 0 Å². The zero-order valence-electron chi connectivity index (χ0n) is 28.4. The van der Waals surface area contributed by atoms with Crippen LogP contribution in [-0.2, 0) is 59.6 Å². The molecule has 1 fully saturated rings. The van der Waals surface area contributed by atoms with Crippen molar-refractivity contribution in [3.8, 4) is 0 Å². The number of hydrogen-bond acceptors (Lipinski definition) is 7. The van der Waals surface area contributed by atoms with Crippen LogP contribution in [0.1, 0.15) is 33.7 Å². The van der Waals surface area contributed by atoms with Crippen LogP contribution >= 0.6 is 0 Å². The monoisotopic (exact) mass is 688 g/mol. The van der Waals surface area contributed by atoms with E-state index in [4.69, 9.17) is 28.4 Å². The first-order valence-electron chi connectivity index (χ1n) is 17.3. The fourth-order valence-electron chi connectivity index (χ4n) is 6.07. The Morgan fingerprint density at radius 3 is 1.41 bits per heavy atom. The van der Waals surface area contributed by atoms with Crippen molar-refractivity contribution in [2.75, 3.05) is 13.2 Å². The van der Waals surface area contributed by atoms with Crippen LogP contribution in [0.15, 0.2) is 152 Å². The molecule has 1 heterocycles. The molecule has 0 bridgehead atoms. The SMILES string of the molecule is O=C(O)C(COC1O[C@H](COCc2ccccc2)[C@@H](OCc2ccccc2)[C@H](OCc2ccccc2)[C@@H]1OCc1ccccc1)c1ccccc1. The van der Waals surface area contributed by atoms with E-state index in [0.29, 0.717) is 18.8 Å². The molecule has 6 atom stereocenters. The molecule has 51 heavy (non-hydrogen) atoms. The number of benzene rings is 5. The minimum absolute atomic E-state index is 0.145. The molecule has 0 saturated carbocycles. The van der Waals surface area contributed by atoms with Crippen molar-refractivity contribution >= 4 is 5.97 Å². The van der Waals surface area contributed by atoms with Crippen molar-refractivity contribution in [1.82, 2.24) is 0 Å². The highest BCUT2D eigenvalue weighted by molar-refractivity contribution is 5.76. The molecule has 8 nitrogen and oxygen atoms in total. The standard InChI is InChI=1S/C43H44O8/c44-42(45)37(36-24-14-5-15-25-36)30-50-43-41(49-29-35-22-12-4-13-23-35)40(48-28-34-20-10-3-11-21-34)39(47-27-33-18-8-2-9-19-33)38(51-43)31-46-26-32-16-6-1-7-17-32/h1-25,37-41,43H,26-31H2,(H,44,45)/t37?,38-,39-,40+,41+,43?/m1/s1. The maximum absolute atomic E-state index is 12.5. The third-order valence-electron chi connectivity index (χ3n) is 8.77. The van der Waals surface area contributed by atoms with Crippen LogP contribution in [0.4, 0.5) is 0 Å². The van der Waals surface area contributed by atoms with Crippen LogP contribution in [0.3, 0.4) is 0 Å². The average molecular weight is 689 g/mol. The van der Waals surface area contributed by atoms with Crippen molar-refractivity contribution in [3.63, 3.8) is 0 Å². The van der Waals surface area contributed by atoms with Gasteiger partial charge < -0.3 is 33.5 Å². The summed E-state index contributed by atoms with van der Waals surface area (Å²) in [6.07, 6.45) is -3.73. The lowest BCUT2D eigenvalue weighted by atomic mass is 9.97. The topological polar surface area (TPSA) is 92.7 Å². The molecule has 0 amide bonds. The summed E-state index contributed by atoms with van der Waals surface area (Å²) in [5, 5.41) is 10.2. The molecule has 5 aromatic carbocycles. The van der Waals surface area contributed by atoms with Crippen molar-refractivity contribution in [1.29, 1.82) is 0 Å². The first kappa shape index (κ1) is 36.1. The van der Waals surface area contributed by atoms with Crippen LogP contribution in [0.2, 0.25) is 0 Å². The number of ether oxygens (including phenoxy) is 6. The highest BCUT2D eigenvalue weighted by Gasteiger charge is 2.49. The van der Waals surface area contributed by atoms with E-state index in [1.165, 1.54) is 0 Å². The highest BCUT2D eigenvalue weighted by atomic mass is 16.7. The molecule has 8 heteroatoms. The van der Waals surface area contributed by atoms with Gasteiger partial charge in [0.15, 0.2) is 6.29 Å². The second-order valence-electron chi connectivity index (χ2n) is 12.5. The lowest BCUT2D eigenvalue weighted by Crippen LogP contribution is -2.62. The number of rotatable bonds is 18. The smallest absolute Gasteiger partial charge is 0.313 e. The normalized spacial score (nSPS) is 20.8. The molecule has 1 aliphatic rings. The van der Waals surface area contributed by atoms with Gasteiger partial charge in [-0.05, 0) is 27.8 Å². The summed E-state index contributed by atoms with van der Waals surface area (Å²) in [5.74, 6) is -1.92. The van der Waals surface area contributed by atoms with E-state index in [0.717, 1.165) is 22.3 Å². The zero-order chi connectivity index (χ0) is 35.1. The maximum atomic E-state index is 12.5. The lowest BCUT2D eigenvalue weighted by molar-refractivity contribution is -0.328. The molecule has 1 N–H and O–H groups in total. The quantitative estimate of drug-likeness (QED) is 0.101. The van der Waals surface area contributed by atoms with E-state index in [9.17, 15) is 9.90 Å². The highest BCUT2D eigenvalue weighted by Crippen LogP contribution is 2.32. The molecule has 5 aromatic rings. The van der Waals surface area contributed by atoms with Crippen molar-refractivity contribution in [2.24, 2.45) is 0 Å². The summed E-state index contributed by atoms with van der Waals surface area (Å²) >= 11 is 0. The number of carboxylic acid groups (broad SMARTS) is 1. The van der Waals surface area contributed by atoms with E-state index in [2.05, 4.69) is 0 Å². The van der Waals surface area contributed by atoms with Gasteiger partial charge in [0.1, 0.15) is 30.3 Å². The Morgan fingerprint density at radius 2 is 0.941 bits per heavy atom. The van der Waals surface area contributed by atoms with Crippen LogP contribution in [0, 0.1) is 0 Å². The van der Waals surface area contributed by atoms with E-state index in [1.54, 1.807) is 12.1 Å². The Hall–Kier alpha value is -4.67. The van der Waals surface area contributed by atoms with Crippen LogP contribution in [0.5, 0.6) is 0 Å². The molecule has 264 valence electrons. The summed E-state index contributed by atoms with van der Waals surface area (Å²) < 4.78 is 39.5. The van der Waals surface area contributed by atoms with Gasteiger partial charge in [0.25, 0.3) is 0 Å². The molecular formula is C43H44O8. The van der Waals surface area contributed by atoms with Gasteiger partial charge in [-0.3, -0.25) is 4.79 Å². The summed E-state index contributed by atoms with van der Waals surface area (Å²) in [6, 6.07) is 48.6. The minimum atomic E-state index is -0.998. The summed E-state index contributed by atoms with van der Waals surface area (Å²) in [5.41, 5.74) is 4.59. The molecule has 0 spiro atoms. The molecule has 1 saturated heterocycles. The molecule has 0 aromatic heterocycles. The largest absolute Gasteiger partial charge is 0.481 e. The van der Waals surface area contributed by atoms with Gasteiger partial charge in [-0.25, -0.2) is 0 Å². The fraction of sp³-hybridized carbons (Fsp3) is 0.279. The second kappa shape index (κ2) is 19.1. The van der Waals surface area contributed by atoms with Gasteiger partial charge >= 0.3 is 5.97 Å². The summed E-state index contributed by atoms with van der Waals surface area (Å²) in [7, 11) is 0. The third-order valence-corrected chi connectivity index (χ3v) is 8.77. The van der Waals surface area contributed by atoms with E-state index < -0.39 is 42.6 Å². The molecule has 1 aliphatic heterocycles. The average Bonchev–Trinajstić information content (AvgIpc) is 3.18. The maximum Gasteiger partial charge on any atom is 0.313 e. The minimum Gasteiger partial charge on any atom is -0.481 e. The van der Waals surface area contributed by atoms with Gasteiger partial charge in [-0.2, -0.15) is 0 Å². The van der Waals surface area contributed by atoms with Gasteiger partial charge in [0.05, 0.1) is 39.6 Å². The van der Waals surface area contributed by atoms with Crippen LogP contribution in [0.25, 0.3) is 0 Å². The predicted molar refractivity (Wildman–Crippen MR) is 193 cm³/mol. The summed E-state index contributed by atoms with van der Waals surface area (Å²) in [4.78, 5) is 12.5. The van der Waals surface area contributed by atoms with E-state index >= 15 is 0 Å². The molecule has 0 radical (unpaired) electrons. The number of aliphatic carboxylic acids is 1. The second-order valence-corrected chi connectivity index (χ2v) is 12.5. The zero-order valence-corrected chi connectivity index (χ0v) is 28.4. The fourth-order valence-corrected chi connectivity index (χ4v) is 6.07. The predicted octanol–water partition coefficient (Wildman–Crippen LogP) is 7.57. The van der Waals surface area contributed by atoms with Crippen LogP contribution < -0.4 is 0 Å². The summed E-state index contributed by atoms with van der Waals surface area (Å²) in [6.45, 7) is 1.24. The van der Waals surface area contributed by atoms with Gasteiger partial charge in [0, 0.05) is 0 Å². The van der Waals surface area contributed by atoms with Crippen LogP contribution in [-0.4, -0.2) is 55.0 Å². The Balaban J connectivity index is 1.32. The Kier molecular flexibility index (Phi) is 13.5. The molecule has 2 unspecified atom stereocenters. The number of hydrogen-bond donors (Lipinski definition) is 1. The van der Waals surface area contributed by atoms with Gasteiger partial charge in [-0.1, -0.05) is 152 Å². The van der Waals surface area contributed by atoms with E-state index in [-0.39, 0.29) is 26.4 Å². The Morgan fingerprint density at radius 1 is 0.529 bits per heavy atom. The first-order valence-corrected chi connectivity index (χ1v) is 17.3. The molecule has 0 aliphatic carbocycles. The lowest BCUT2D eigenvalue weighted by Gasteiger charge is -2.46. The molecule has 6 rings (SSSR count). The number of carboxylic acids is 1. The third kappa shape index (κ3) is 10.7. The van der Waals surface area contributed by atoms with Gasteiger partial charge in [0.2, 0.25) is 0 Å². The van der Waals surface area contributed by atoms with Crippen molar-refractivity contribution < 1.29 is 38.3 Å². The van der Waals surface area contributed by atoms with Crippen molar-refractivity contribution in [3.05, 3.63) is 179 Å². The molecular weight excluding hydrogens is 644 g/mol. The Labute approximate surface area is 299 Å².